The van der Waals surface area contributed by atoms with Crippen molar-refractivity contribution in [2.45, 2.75) is 252 Å². The van der Waals surface area contributed by atoms with Gasteiger partial charge in [0, 0.05) is 122 Å². The number of hydrogen-bond donors (Lipinski definition) is 4. The third-order valence-corrected chi connectivity index (χ3v) is 28.4. The van der Waals surface area contributed by atoms with Crippen molar-refractivity contribution in [2.24, 2.45) is 43.6 Å². The Morgan fingerprint density at radius 2 is 0.940 bits per heavy atom. The number of carboxylic acid groups (broad SMARTS) is 1. The number of hydrogen-bond acceptors (Lipinski definition) is 19. The van der Waals surface area contributed by atoms with Crippen LogP contribution in [0.4, 0.5) is 19.2 Å². The number of amides is 7. The Hall–Kier alpha value is -12.5. The van der Waals surface area contributed by atoms with Crippen LogP contribution in [0.5, 0.6) is 11.5 Å². The summed E-state index contributed by atoms with van der Waals surface area (Å²) in [7, 11) is 5.52. The first kappa shape index (κ1) is 93.7. The quantitative estimate of drug-likeness (QED) is 0.0516. The second-order valence-electron chi connectivity index (χ2n) is 38.9. The van der Waals surface area contributed by atoms with Gasteiger partial charge in [-0.2, -0.15) is 0 Å². The van der Waals surface area contributed by atoms with Gasteiger partial charge in [-0.3, -0.25) is 39.3 Å². The van der Waals surface area contributed by atoms with E-state index in [4.69, 9.17) is 53.5 Å². The minimum absolute atomic E-state index is 0.0322. The van der Waals surface area contributed by atoms with E-state index in [0.717, 1.165) is 174 Å². The van der Waals surface area contributed by atoms with Crippen molar-refractivity contribution >= 4 is 93.2 Å². The van der Waals surface area contributed by atoms with Gasteiger partial charge in [0.15, 0.2) is 6.04 Å². The van der Waals surface area contributed by atoms with E-state index in [1.807, 2.05) is 101 Å². The van der Waals surface area contributed by atoms with Gasteiger partial charge < -0.3 is 68.9 Å². The Bertz CT molecular complexity index is 5820. The molecule has 10 aliphatic heterocycles. The summed E-state index contributed by atoms with van der Waals surface area (Å²) in [5, 5.41) is 16.6. The molecule has 6 aromatic carbocycles. The van der Waals surface area contributed by atoms with Crippen LogP contribution in [-0.2, 0) is 68.9 Å². The van der Waals surface area contributed by atoms with Crippen molar-refractivity contribution < 1.29 is 76.6 Å². The molecule has 18 rings (SSSR count). The van der Waals surface area contributed by atoms with E-state index >= 15 is 0 Å². The number of allylic oxidation sites excluding steroid dienone is 6. The highest BCUT2D eigenvalue weighted by Gasteiger charge is 2.48. The van der Waals surface area contributed by atoms with E-state index in [1.54, 1.807) is 37.4 Å². The molecule has 0 saturated carbocycles. The van der Waals surface area contributed by atoms with Gasteiger partial charge in [-0.05, 0) is 249 Å². The van der Waals surface area contributed by atoms with Crippen molar-refractivity contribution in [2.75, 3.05) is 48.1 Å². The van der Waals surface area contributed by atoms with Gasteiger partial charge in [-0.15, -0.1) is 0 Å². The van der Waals surface area contributed by atoms with E-state index < -0.39 is 48.0 Å². The van der Waals surface area contributed by atoms with Crippen LogP contribution in [0, 0.1) is 23.7 Å². The summed E-state index contributed by atoms with van der Waals surface area (Å²) in [6.45, 7) is 24.8. The van der Waals surface area contributed by atoms with Gasteiger partial charge in [0.1, 0.15) is 42.4 Å². The van der Waals surface area contributed by atoms with Crippen molar-refractivity contribution in [3.8, 4) is 33.8 Å². The minimum atomic E-state index is -1.13. The molecule has 27 nitrogen and oxygen atoms in total. The number of ether oxygens (including phenoxy) is 7. The maximum Gasteiger partial charge on any atom is 0.410 e. The molecule has 2 aliphatic carbocycles. The molecular weight excluding hydrogens is 1680 g/mol. The van der Waals surface area contributed by atoms with Crippen molar-refractivity contribution in [1.29, 1.82) is 0 Å². The number of alkyl carbamates (subject to hydrolysis) is 3. The van der Waals surface area contributed by atoms with Crippen LogP contribution in [0.1, 0.15) is 227 Å². The topological polar surface area (TPSA) is 320 Å². The fourth-order valence-corrected chi connectivity index (χ4v) is 21.4. The van der Waals surface area contributed by atoms with Gasteiger partial charge in [-0.1, -0.05) is 126 Å². The molecule has 4 saturated heterocycles. The highest BCUT2D eigenvalue weighted by molar-refractivity contribution is 6.09. The number of methoxy groups -OCH3 is 4. The molecule has 0 unspecified atom stereocenters. The predicted octanol–water partition coefficient (Wildman–Crippen LogP) is 18.3. The molecule has 10 heterocycles. The first-order chi connectivity index (χ1) is 63.9. The van der Waals surface area contributed by atoms with E-state index in [1.165, 1.54) is 71.6 Å². The molecule has 0 radical (unpaired) electrons. The summed E-state index contributed by atoms with van der Waals surface area (Å²) in [5.74, 6) is 0.998. The second kappa shape index (κ2) is 39.7. The zero-order valence-corrected chi connectivity index (χ0v) is 79.1. The lowest BCUT2D eigenvalue weighted by Crippen LogP contribution is -2.55. The normalized spacial score (nSPS) is 22.5. The first-order valence-corrected chi connectivity index (χ1v) is 47.2. The number of carbonyl (C=O) groups is 8. The molecule has 0 bridgehead atoms. The molecule has 12 atom stereocenters. The smallest absolute Gasteiger partial charge is 0.410 e. The maximum atomic E-state index is 14.0. The number of aliphatic imine (C=N–C) groups is 4. The lowest BCUT2D eigenvalue weighted by Gasteiger charge is -2.33. The van der Waals surface area contributed by atoms with Gasteiger partial charge in [0.2, 0.25) is 17.7 Å². The van der Waals surface area contributed by atoms with Crippen molar-refractivity contribution in [3.63, 3.8) is 0 Å². The SMILES string of the molecule is CC[C@H]1C[C@@H](C2=NC3=C(C2)c2cc4c(cc2CC3)-c2ccc(C3=CN=C([C@@H]5CC[C@H](C)N5C(=O)[C@@H](NC(=O)OC)C(C)C)C3)cc2CO4)N(C(=O)[C@H](C)c2ccccc2)C1.COC(=O)N[C@@H](C(=O)O)c1ccccc1.COC[C@H]1C[C@@H](C2=NC3=C(C2)c2cc4c(cc2CC3)-c2ccc(C3=CN=C([C@@H]5CC[C@H](C)N5C(=O)[C@@H](NC(=O)OC)C(C)C)C3)cc2CO4)N(C(=O)OC(C)(C)C)C1. The van der Waals surface area contributed by atoms with Crippen LogP contribution in [0.25, 0.3) is 44.5 Å². The number of nitrogens with zero attached hydrogens (tertiary/aromatic N) is 8. The molecule has 4 N–H and O–H groups in total. The van der Waals surface area contributed by atoms with E-state index in [2.05, 4.69) is 119 Å². The zero-order chi connectivity index (χ0) is 94.1. The summed E-state index contributed by atoms with van der Waals surface area (Å²) in [4.78, 5) is 129. The highest BCUT2D eigenvalue weighted by Crippen LogP contribution is 2.51. The maximum absolute atomic E-state index is 14.0. The summed E-state index contributed by atoms with van der Waals surface area (Å²) in [5.41, 5.74) is 26.4. The standard InChI is InChI=1S/C50H57N5O5.C46H57N5O7.C10H11NO4/c1-7-31-19-45(54(26-31)48(56)30(5)32-11-9-8-10-12-32)43-23-39-38-24-46-40(21-34(38)15-17-41(39)52-43)37-16-14-33(20-36(37)27-60-46)35-22-42(51-25-35)44-18-13-29(4)55(44)49(57)47(28(2)3)53-50(58)59-6;1-25(2)42(49-44(53)56-8)43(52)51-26(3)9-14-39(51)37-18-30(21-47-37)28-10-12-32-31(16-28)24-57-41-20-33-29(17-35(32)41)11-13-36-34(33)19-38(48-36)40-15-27(23-55-7)22-50(40)45(54)58-46(4,5)6;1-15-10(14)11-8(9(12)13)7-5-3-2-4-6-7/h8-12,14,16,20-21,24-25,28-31,44-45,47H,7,13,15,17-19,22-23,26-27H2,1-6H3,(H,53,58);10,12,16-17,20-21,25-27,39-40,42H,9,11,13-15,18-19,22-24H2,1-8H3,(H,49,53);2-6,8H,1H3,(H,11,14)(H,12,13)/t29-,30+,31-,44-,45-,47-;26-,27-,39-,40-,42-;8-/m001/s1. The number of rotatable bonds is 20. The molecular formula is C106H125N11O16. The van der Waals surface area contributed by atoms with Crippen LogP contribution in [0.15, 0.2) is 165 Å². The Balaban J connectivity index is 0.000000168. The first-order valence-electron chi connectivity index (χ1n) is 47.2. The van der Waals surface area contributed by atoms with E-state index in [0.29, 0.717) is 57.1 Å². The summed E-state index contributed by atoms with van der Waals surface area (Å²) >= 11 is 0. The Morgan fingerprint density at radius 1 is 0.489 bits per heavy atom. The van der Waals surface area contributed by atoms with Crippen molar-refractivity contribution in [1.82, 2.24) is 35.6 Å². The Kier molecular flexibility index (Phi) is 28.0. The van der Waals surface area contributed by atoms with Crippen LogP contribution < -0.4 is 25.4 Å². The lowest BCUT2D eigenvalue weighted by molar-refractivity contribution is -0.139. The zero-order valence-electron chi connectivity index (χ0n) is 79.1. The molecule has 7 amide bonds. The largest absolute Gasteiger partial charge is 0.488 e. The van der Waals surface area contributed by atoms with E-state index in [9.17, 15) is 38.4 Å². The van der Waals surface area contributed by atoms with Crippen LogP contribution in [0.3, 0.4) is 0 Å². The number of carboxylic acids is 1. The third-order valence-electron chi connectivity index (χ3n) is 28.4. The fourth-order valence-electron chi connectivity index (χ4n) is 21.4. The fraction of sp³-hybridized carbons (Fsp3) is 0.472. The van der Waals surface area contributed by atoms with Gasteiger partial charge >= 0.3 is 30.3 Å². The molecule has 12 aliphatic rings. The monoisotopic (exact) mass is 1810 g/mol. The molecule has 27 heteroatoms. The molecule has 4 fully saturated rings. The molecule has 700 valence electrons. The number of fused-ring (bicyclic) bond motifs is 10. The summed E-state index contributed by atoms with van der Waals surface area (Å²) in [6, 6.07) is 38.3. The molecule has 0 aromatic heterocycles. The van der Waals surface area contributed by atoms with E-state index in [-0.39, 0.29) is 83.7 Å². The van der Waals surface area contributed by atoms with Gasteiger partial charge in [0.25, 0.3) is 0 Å². The average molecular weight is 1810 g/mol. The van der Waals surface area contributed by atoms with Crippen molar-refractivity contribution in [3.05, 3.63) is 201 Å². The number of aliphatic carboxylic acids is 1. The lowest BCUT2D eigenvalue weighted by atomic mass is 9.83. The Morgan fingerprint density at radius 3 is 1.38 bits per heavy atom. The third kappa shape index (κ3) is 19.7. The van der Waals surface area contributed by atoms with Gasteiger partial charge in [-0.25, -0.2) is 24.0 Å². The number of benzene rings is 6. The molecule has 133 heavy (non-hydrogen) atoms. The Labute approximate surface area is 779 Å². The summed E-state index contributed by atoms with van der Waals surface area (Å²) < 4.78 is 38.4. The molecule has 0 spiro atoms. The van der Waals surface area contributed by atoms with Crippen LogP contribution >= 0.6 is 0 Å². The highest BCUT2D eigenvalue weighted by atomic mass is 16.6. The number of carbonyl (C=O) groups excluding carboxylic acids is 7. The summed E-state index contributed by atoms with van der Waals surface area (Å²) in [6.07, 6.45) is 14.3. The van der Waals surface area contributed by atoms with Gasteiger partial charge in [0.05, 0.1) is 58.0 Å². The van der Waals surface area contributed by atoms with Crippen LogP contribution in [0.2, 0.25) is 0 Å². The second-order valence-corrected chi connectivity index (χ2v) is 38.9. The number of nitrogens with one attached hydrogen (secondary N) is 3. The number of aryl methyl sites for hydroxylation is 2. The predicted molar refractivity (Wildman–Crippen MR) is 512 cm³/mol. The number of likely N-dealkylation sites (tertiary alicyclic amines) is 4. The minimum Gasteiger partial charge on any atom is -0.488 e. The molecule has 6 aromatic rings. The average Bonchev–Trinajstić information content (AvgIpc) is 1.17. The van der Waals surface area contributed by atoms with Crippen LogP contribution in [-0.4, -0.2) is 198 Å².